The van der Waals surface area contributed by atoms with E-state index in [1.54, 1.807) is 0 Å². The summed E-state index contributed by atoms with van der Waals surface area (Å²) < 4.78 is 1.22. The third kappa shape index (κ3) is 4.52. The van der Waals surface area contributed by atoms with Crippen molar-refractivity contribution in [1.82, 2.24) is 4.98 Å². The highest BCUT2D eigenvalue weighted by Gasteiger charge is 2.18. The molecule has 1 saturated heterocycles. The van der Waals surface area contributed by atoms with Crippen molar-refractivity contribution in [3.63, 3.8) is 0 Å². The number of Topliss-reactive ketones (excluding diaryl/α,β-unsaturated/α-hetero) is 1. The van der Waals surface area contributed by atoms with Crippen LogP contribution in [0.2, 0.25) is 0 Å². The van der Waals surface area contributed by atoms with Gasteiger partial charge in [0.25, 0.3) is 5.56 Å². The maximum Gasteiger partial charge on any atom is 0.266 e. The number of piperidine rings is 1. The van der Waals surface area contributed by atoms with Gasteiger partial charge in [-0.1, -0.05) is 32.9 Å². The van der Waals surface area contributed by atoms with Crippen molar-refractivity contribution in [3.8, 4) is 0 Å². The van der Waals surface area contributed by atoms with Gasteiger partial charge in [-0.2, -0.15) is 0 Å². The average molecular weight is 371 g/mol. The Morgan fingerprint density at radius 3 is 2.38 bits per heavy atom. The molecule has 1 N–H and O–H groups in total. The van der Waals surface area contributed by atoms with Crippen LogP contribution in [0.5, 0.6) is 0 Å². The van der Waals surface area contributed by atoms with Gasteiger partial charge in [-0.25, -0.2) is 0 Å². The maximum atomic E-state index is 12.2. The average Bonchev–Trinajstić information content (AvgIpc) is 2.94. The van der Waals surface area contributed by atoms with Gasteiger partial charge in [-0.05, 0) is 43.0 Å². The van der Waals surface area contributed by atoms with Crippen LogP contribution in [0.25, 0.3) is 12.2 Å². The topological polar surface area (TPSA) is 53.2 Å². The second kappa shape index (κ2) is 7.62. The molecule has 0 atom stereocenters. The number of anilines is 1. The molecule has 2 aromatic rings. The number of rotatable bonds is 3. The van der Waals surface area contributed by atoms with Crippen LogP contribution in [0.15, 0.2) is 29.1 Å². The first-order valence-electron chi connectivity index (χ1n) is 9.15. The predicted molar refractivity (Wildman–Crippen MR) is 109 cm³/mol. The number of carbonyl (C=O) groups excluding carboxylic acids is 1. The normalized spacial score (nSPS) is 17.0. The van der Waals surface area contributed by atoms with E-state index in [9.17, 15) is 9.59 Å². The molecule has 0 radical (unpaired) electrons. The van der Waals surface area contributed by atoms with Crippen molar-refractivity contribution < 1.29 is 4.79 Å². The standard InChI is InChI=1S/C21H26N2O2S/c1-21(2,3)18(24)14-19-22-20(25)17(26-19)13-15-7-9-16(10-8-15)23-11-5-4-6-12-23/h7-10,13-14H,4-6,11-12H2,1-3H3,(H,22,25)/b17-13+,19-14+. The molecular weight excluding hydrogens is 344 g/mol. The molecule has 1 aliphatic rings. The van der Waals surface area contributed by atoms with Crippen LogP contribution >= 0.6 is 11.3 Å². The summed E-state index contributed by atoms with van der Waals surface area (Å²) in [5.41, 5.74) is 1.64. The fraction of sp³-hybridized carbons (Fsp3) is 0.429. The lowest BCUT2D eigenvalue weighted by Gasteiger charge is -2.28. The summed E-state index contributed by atoms with van der Waals surface area (Å²) in [6.45, 7) is 7.85. The minimum Gasteiger partial charge on any atom is -0.372 e. The Bertz CT molecular complexity index is 940. The van der Waals surface area contributed by atoms with Gasteiger partial charge < -0.3 is 9.88 Å². The van der Waals surface area contributed by atoms with E-state index in [2.05, 4.69) is 22.0 Å². The fourth-order valence-electron chi connectivity index (χ4n) is 2.94. The van der Waals surface area contributed by atoms with Gasteiger partial charge in [0, 0.05) is 30.3 Å². The summed E-state index contributed by atoms with van der Waals surface area (Å²) in [5, 5.41) is 0. The highest BCUT2D eigenvalue weighted by Crippen LogP contribution is 2.20. The second-order valence-corrected chi connectivity index (χ2v) is 8.91. The van der Waals surface area contributed by atoms with E-state index in [4.69, 9.17) is 0 Å². The van der Waals surface area contributed by atoms with Gasteiger partial charge in [0.15, 0.2) is 5.78 Å². The van der Waals surface area contributed by atoms with Gasteiger partial charge in [0.2, 0.25) is 0 Å². The molecule has 0 unspecified atom stereocenters. The monoisotopic (exact) mass is 370 g/mol. The molecule has 1 aliphatic heterocycles. The zero-order valence-corrected chi connectivity index (χ0v) is 16.5. The molecule has 0 saturated carbocycles. The van der Waals surface area contributed by atoms with Crippen molar-refractivity contribution in [2.45, 2.75) is 40.0 Å². The Kier molecular flexibility index (Phi) is 5.47. The molecule has 4 nitrogen and oxygen atoms in total. The summed E-state index contributed by atoms with van der Waals surface area (Å²) in [4.78, 5) is 29.5. The molecular formula is C21H26N2O2S. The molecule has 3 rings (SSSR count). The lowest BCUT2D eigenvalue weighted by atomic mass is 9.91. The molecule has 1 aromatic carbocycles. The van der Waals surface area contributed by atoms with Crippen molar-refractivity contribution in [2.24, 2.45) is 5.41 Å². The van der Waals surface area contributed by atoms with Crippen LogP contribution in [0, 0.1) is 5.41 Å². The van der Waals surface area contributed by atoms with Crippen molar-refractivity contribution >= 4 is 35.0 Å². The zero-order chi connectivity index (χ0) is 18.7. The number of aromatic nitrogens is 1. The van der Waals surface area contributed by atoms with Gasteiger partial charge in [-0.3, -0.25) is 9.59 Å². The van der Waals surface area contributed by atoms with E-state index in [0.717, 1.165) is 18.7 Å². The first-order valence-corrected chi connectivity index (χ1v) is 9.97. The van der Waals surface area contributed by atoms with Crippen LogP contribution in [-0.2, 0) is 4.79 Å². The second-order valence-electron chi connectivity index (χ2n) is 7.83. The van der Waals surface area contributed by atoms with Crippen molar-refractivity contribution in [1.29, 1.82) is 0 Å². The Hall–Kier alpha value is -2.14. The first kappa shape index (κ1) is 18.6. The number of ketones is 1. The Labute approximate surface area is 157 Å². The number of carbonyl (C=O) groups is 1. The van der Waals surface area contributed by atoms with E-state index in [0.29, 0.717) is 9.20 Å². The molecule has 0 spiro atoms. The summed E-state index contributed by atoms with van der Waals surface area (Å²) >= 11 is 1.32. The van der Waals surface area contributed by atoms with Gasteiger partial charge >= 0.3 is 0 Å². The lowest BCUT2D eigenvalue weighted by molar-refractivity contribution is -0.119. The van der Waals surface area contributed by atoms with Crippen LogP contribution in [0.1, 0.15) is 45.6 Å². The minimum absolute atomic E-state index is 0.00688. The van der Waals surface area contributed by atoms with E-state index in [1.165, 1.54) is 42.4 Å². The lowest BCUT2D eigenvalue weighted by Crippen LogP contribution is -2.29. The van der Waals surface area contributed by atoms with Crippen molar-refractivity contribution in [3.05, 3.63) is 49.4 Å². The van der Waals surface area contributed by atoms with E-state index in [-0.39, 0.29) is 11.3 Å². The Balaban J connectivity index is 1.85. The molecule has 0 bridgehead atoms. The van der Waals surface area contributed by atoms with Crippen molar-refractivity contribution in [2.75, 3.05) is 18.0 Å². The van der Waals surface area contributed by atoms with Gasteiger partial charge in [0.05, 0.1) is 9.20 Å². The van der Waals surface area contributed by atoms with E-state index < -0.39 is 5.41 Å². The number of hydrogen-bond donors (Lipinski definition) is 1. The molecule has 1 aromatic heterocycles. The maximum absolute atomic E-state index is 12.2. The smallest absolute Gasteiger partial charge is 0.266 e. The molecule has 2 heterocycles. The molecule has 26 heavy (non-hydrogen) atoms. The van der Waals surface area contributed by atoms with Crippen LogP contribution in [-0.4, -0.2) is 23.9 Å². The van der Waals surface area contributed by atoms with E-state index >= 15 is 0 Å². The number of aromatic amines is 1. The highest BCUT2D eigenvalue weighted by atomic mass is 32.1. The Morgan fingerprint density at radius 2 is 1.77 bits per heavy atom. The summed E-state index contributed by atoms with van der Waals surface area (Å²) in [6.07, 6.45) is 7.24. The number of hydrogen-bond acceptors (Lipinski definition) is 4. The van der Waals surface area contributed by atoms with Crippen LogP contribution < -0.4 is 19.7 Å². The SMILES string of the molecule is CC(C)(C)C(=O)/C=c1\[nH]c(=O)/c(=C\c2ccc(N3CCCCC3)cc2)s1. The number of H-pyrrole nitrogens is 1. The highest BCUT2D eigenvalue weighted by molar-refractivity contribution is 7.07. The largest absolute Gasteiger partial charge is 0.372 e. The van der Waals surface area contributed by atoms with E-state index in [1.807, 2.05) is 39.0 Å². The molecule has 1 fully saturated rings. The third-order valence-corrected chi connectivity index (χ3v) is 5.56. The summed E-state index contributed by atoms with van der Waals surface area (Å²) in [6, 6.07) is 8.34. The molecule has 0 amide bonds. The number of thiazole rings is 1. The number of nitrogens with zero attached hydrogens (tertiary/aromatic N) is 1. The first-order chi connectivity index (χ1) is 12.3. The third-order valence-electron chi connectivity index (χ3n) is 4.59. The number of benzene rings is 1. The Morgan fingerprint density at radius 1 is 1.12 bits per heavy atom. The summed E-state index contributed by atoms with van der Waals surface area (Å²) in [5.74, 6) is 0.00688. The van der Waals surface area contributed by atoms with Gasteiger partial charge in [0.1, 0.15) is 0 Å². The van der Waals surface area contributed by atoms with Crippen LogP contribution in [0.4, 0.5) is 5.69 Å². The summed E-state index contributed by atoms with van der Waals surface area (Å²) in [7, 11) is 0. The zero-order valence-electron chi connectivity index (χ0n) is 15.7. The quantitative estimate of drug-likeness (QED) is 0.904. The van der Waals surface area contributed by atoms with Crippen LogP contribution in [0.3, 0.4) is 0 Å². The van der Waals surface area contributed by atoms with Gasteiger partial charge in [-0.15, -0.1) is 11.3 Å². The molecule has 0 aliphatic carbocycles. The predicted octanol–water partition coefficient (Wildman–Crippen LogP) is 2.65. The molecule has 5 heteroatoms. The fourth-order valence-corrected chi connectivity index (χ4v) is 3.83. The number of nitrogens with one attached hydrogen (secondary N) is 1. The minimum atomic E-state index is -0.449. The molecule has 138 valence electrons.